The molecule has 4 rings (SSSR count). The van der Waals surface area contributed by atoms with Crippen molar-refractivity contribution in [2.24, 2.45) is 0 Å². The highest BCUT2D eigenvalue weighted by Crippen LogP contribution is 2.23. The van der Waals surface area contributed by atoms with Gasteiger partial charge < -0.3 is 5.32 Å². The number of nitrogens with zero attached hydrogens (tertiary/aromatic N) is 3. The Morgan fingerprint density at radius 3 is 2.76 bits per heavy atom. The molecule has 0 aliphatic carbocycles. The molecule has 1 aromatic carbocycles. The van der Waals surface area contributed by atoms with Crippen molar-refractivity contribution in [1.29, 1.82) is 0 Å². The van der Waals surface area contributed by atoms with Crippen LogP contribution in [0.25, 0.3) is 16.9 Å². The number of benzene rings is 1. The molecule has 0 unspecified atom stereocenters. The van der Waals surface area contributed by atoms with Crippen LogP contribution in [0.2, 0.25) is 0 Å². The fourth-order valence-electron chi connectivity index (χ4n) is 2.60. The molecule has 0 atom stereocenters. The Morgan fingerprint density at radius 1 is 1.16 bits per heavy atom. The number of aromatic nitrogens is 5. The molecule has 25 heavy (non-hydrogen) atoms. The second kappa shape index (κ2) is 5.75. The van der Waals surface area contributed by atoms with E-state index in [4.69, 9.17) is 0 Å². The number of fused-ring (bicyclic) bond motifs is 1. The number of nitrogens with one attached hydrogen (secondary N) is 3. The van der Waals surface area contributed by atoms with Crippen LogP contribution >= 0.6 is 0 Å². The Morgan fingerprint density at radius 2 is 1.96 bits per heavy atom. The average molecular weight is 334 g/mol. The van der Waals surface area contributed by atoms with Crippen molar-refractivity contribution >= 4 is 17.2 Å². The van der Waals surface area contributed by atoms with Crippen molar-refractivity contribution in [2.45, 2.75) is 6.92 Å². The summed E-state index contributed by atoms with van der Waals surface area (Å²) in [5, 5.41) is 12.1. The highest BCUT2D eigenvalue weighted by atomic mass is 16.2. The van der Waals surface area contributed by atoms with Gasteiger partial charge in [-0.05, 0) is 13.0 Å². The van der Waals surface area contributed by atoms with E-state index in [1.807, 2.05) is 37.3 Å². The Kier molecular flexibility index (Phi) is 3.42. The van der Waals surface area contributed by atoms with Crippen LogP contribution < -0.4 is 10.9 Å². The summed E-state index contributed by atoms with van der Waals surface area (Å²) in [7, 11) is 0. The van der Waals surface area contributed by atoms with Gasteiger partial charge in [0, 0.05) is 17.5 Å². The second-order valence-corrected chi connectivity index (χ2v) is 5.54. The van der Waals surface area contributed by atoms with E-state index >= 15 is 0 Å². The number of anilines is 1. The topological polar surface area (TPSA) is 108 Å². The lowest BCUT2D eigenvalue weighted by molar-refractivity contribution is 0.102. The summed E-state index contributed by atoms with van der Waals surface area (Å²) in [4.78, 5) is 29.1. The molecular formula is C17H14N6O2. The number of amides is 1. The van der Waals surface area contributed by atoms with E-state index in [1.165, 1.54) is 10.7 Å². The number of aryl methyl sites for hydroxylation is 1. The molecule has 0 radical (unpaired) electrons. The average Bonchev–Trinajstić information content (AvgIpc) is 3.19. The molecule has 0 saturated heterocycles. The van der Waals surface area contributed by atoms with Crippen LogP contribution in [-0.4, -0.2) is 30.7 Å². The van der Waals surface area contributed by atoms with Gasteiger partial charge in [0.1, 0.15) is 11.3 Å². The van der Waals surface area contributed by atoms with Crippen molar-refractivity contribution in [3.05, 3.63) is 70.4 Å². The van der Waals surface area contributed by atoms with Gasteiger partial charge in [-0.3, -0.25) is 19.8 Å². The number of hydrogen-bond acceptors (Lipinski definition) is 4. The van der Waals surface area contributed by atoms with Gasteiger partial charge in [-0.2, -0.15) is 5.10 Å². The van der Waals surface area contributed by atoms with E-state index in [9.17, 15) is 9.59 Å². The summed E-state index contributed by atoms with van der Waals surface area (Å²) in [6.45, 7) is 1.83. The van der Waals surface area contributed by atoms with E-state index in [1.54, 1.807) is 12.3 Å². The van der Waals surface area contributed by atoms with E-state index < -0.39 is 11.5 Å². The van der Waals surface area contributed by atoms with Gasteiger partial charge in [0.2, 0.25) is 0 Å². The lowest BCUT2D eigenvalue weighted by atomic mass is 10.1. The highest BCUT2D eigenvalue weighted by molar-refractivity contribution is 6.09. The van der Waals surface area contributed by atoms with Gasteiger partial charge in [-0.1, -0.05) is 30.3 Å². The number of hydrogen-bond donors (Lipinski definition) is 3. The lowest BCUT2D eigenvalue weighted by Gasteiger charge is -2.04. The highest BCUT2D eigenvalue weighted by Gasteiger charge is 2.19. The minimum atomic E-state index is -0.449. The van der Waals surface area contributed by atoms with Gasteiger partial charge in [-0.25, -0.2) is 9.50 Å². The minimum absolute atomic E-state index is 0.156. The quantitative estimate of drug-likeness (QED) is 0.532. The zero-order valence-corrected chi connectivity index (χ0v) is 13.3. The van der Waals surface area contributed by atoms with E-state index in [0.29, 0.717) is 16.9 Å². The molecule has 0 saturated carbocycles. The van der Waals surface area contributed by atoms with Gasteiger partial charge in [0.05, 0.1) is 11.9 Å². The predicted octanol–water partition coefficient (Wildman–Crippen LogP) is 1.97. The predicted molar refractivity (Wildman–Crippen MR) is 92.5 cm³/mol. The second-order valence-electron chi connectivity index (χ2n) is 5.54. The summed E-state index contributed by atoms with van der Waals surface area (Å²) in [5.74, 6) is -0.449. The molecule has 0 spiro atoms. The lowest BCUT2D eigenvalue weighted by Crippen LogP contribution is -2.17. The maximum absolute atomic E-state index is 12.7. The monoisotopic (exact) mass is 334 g/mol. The summed E-state index contributed by atoms with van der Waals surface area (Å²) >= 11 is 0. The Hall–Kier alpha value is -3.68. The van der Waals surface area contributed by atoms with Gasteiger partial charge in [0.15, 0.2) is 5.65 Å². The molecule has 0 fully saturated rings. The van der Waals surface area contributed by atoms with Gasteiger partial charge >= 0.3 is 0 Å². The molecule has 1 amide bonds. The fourth-order valence-corrected chi connectivity index (χ4v) is 2.60. The van der Waals surface area contributed by atoms with Gasteiger partial charge in [0.25, 0.3) is 11.5 Å². The van der Waals surface area contributed by atoms with Crippen LogP contribution in [0.15, 0.2) is 53.6 Å². The standard InChI is InChI=1S/C17H14N6O2/c1-10-7-8-23-15(19-10)12(9-18-23)16(24)20-14-13(21-22-17(14)25)11-5-3-2-4-6-11/h2-9H,1H3,(H,20,24)(H2,21,22,25). The van der Waals surface area contributed by atoms with Crippen LogP contribution in [0.4, 0.5) is 5.69 Å². The van der Waals surface area contributed by atoms with Crippen molar-refractivity contribution in [3.63, 3.8) is 0 Å². The summed E-state index contributed by atoms with van der Waals surface area (Å²) in [5.41, 5.74) is 2.54. The van der Waals surface area contributed by atoms with Crippen LogP contribution in [0, 0.1) is 6.92 Å². The van der Waals surface area contributed by atoms with E-state index in [0.717, 1.165) is 11.3 Å². The van der Waals surface area contributed by atoms with Crippen molar-refractivity contribution in [2.75, 3.05) is 5.32 Å². The Labute approximate surface area is 141 Å². The SMILES string of the molecule is Cc1ccn2ncc(C(=O)Nc3c(-c4ccccc4)[nH][nH]c3=O)c2n1. The zero-order valence-electron chi connectivity index (χ0n) is 13.3. The Balaban J connectivity index is 1.73. The molecule has 3 heterocycles. The van der Waals surface area contributed by atoms with Crippen LogP contribution in [0.5, 0.6) is 0 Å². The minimum Gasteiger partial charge on any atom is -0.315 e. The van der Waals surface area contributed by atoms with Crippen LogP contribution in [0.1, 0.15) is 16.1 Å². The normalized spacial score (nSPS) is 10.9. The van der Waals surface area contributed by atoms with Gasteiger partial charge in [-0.15, -0.1) is 0 Å². The first-order valence-corrected chi connectivity index (χ1v) is 7.62. The largest absolute Gasteiger partial charge is 0.315 e. The van der Waals surface area contributed by atoms with E-state index in [-0.39, 0.29) is 5.69 Å². The molecule has 8 heteroatoms. The third-order valence-electron chi connectivity index (χ3n) is 3.83. The molecular weight excluding hydrogens is 320 g/mol. The number of aromatic amines is 2. The molecule has 8 nitrogen and oxygen atoms in total. The maximum atomic E-state index is 12.7. The molecule has 4 aromatic rings. The number of carbonyl (C=O) groups is 1. The van der Waals surface area contributed by atoms with E-state index in [2.05, 4.69) is 25.6 Å². The summed E-state index contributed by atoms with van der Waals surface area (Å²) in [6.07, 6.45) is 3.16. The van der Waals surface area contributed by atoms with Crippen LogP contribution in [-0.2, 0) is 0 Å². The van der Waals surface area contributed by atoms with Crippen molar-refractivity contribution < 1.29 is 4.79 Å². The van der Waals surface area contributed by atoms with Crippen molar-refractivity contribution in [3.8, 4) is 11.3 Å². The number of H-pyrrole nitrogens is 2. The number of rotatable bonds is 3. The zero-order chi connectivity index (χ0) is 17.4. The molecule has 124 valence electrons. The van der Waals surface area contributed by atoms with Crippen molar-refractivity contribution in [1.82, 2.24) is 24.8 Å². The first-order valence-electron chi connectivity index (χ1n) is 7.62. The third-order valence-corrected chi connectivity index (χ3v) is 3.83. The first-order chi connectivity index (χ1) is 12.1. The summed E-state index contributed by atoms with van der Waals surface area (Å²) in [6, 6.07) is 11.1. The third kappa shape index (κ3) is 2.59. The molecule has 3 aromatic heterocycles. The molecule has 0 aliphatic heterocycles. The Bertz CT molecular complexity index is 1120. The molecule has 0 bridgehead atoms. The fraction of sp³-hybridized carbons (Fsp3) is 0.0588. The molecule has 3 N–H and O–H groups in total. The summed E-state index contributed by atoms with van der Waals surface area (Å²) < 4.78 is 1.52. The number of carbonyl (C=O) groups excluding carboxylic acids is 1. The maximum Gasteiger partial charge on any atom is 0.288 e. The first kappa shape index (κ1) is 14.9. The molecule has 0 aliphatic rings. The van der Waals surface area contributed by atoms with Crippen LogP contribution in [0.3, 0.4) is 0 Å². The smallest absolute Gasteiger partial charge is 0.288 e.